The molecule has 5 nitrogen and oxygen atoms in total. The highest BCUT2D eigenvalue weighted by molar-refractivity contribution is 8.14. The fourth-order valence-electron chi connectivity index (χ4n) is 3.51. The van der Waals surface area contributed by atoms with Crippen LogP contribution in [0.2, 0.25) is 0 Å². The van der Waals surface area contributed by atoms with Crippen molar-refractivity contribution in [3.05, 3.63) is 90.3 Å². The number of amidine groups is 1. The summed E-state index contributed by atoms with van der Waals surface area (Å²) in [7, 11) is 0. The Hall–Kier alpha value is -3.38. The van der Waals surface area contributed by atoms with Gasteiger partial charge in [-0.25, -0.2) is 4.98 Å². The van der Waals surface area contributed by atoms with Gasteiger partial charge >= 0.3 is 0 Å². The number of rotatable bonds is 5. The highest BCUT2D eigenvalue weighted by Crippen LogP contribution is 2.33. The second-order valence-corrected chi connectivity index (χ2v) is 8.50. The van der Waals surface area contributed by atoms with E-state index in [-0.39, 0.29) is 0 Å². The third-order valence-electron chi connectivity index (χ3n) is 5.04. The van der Waals surface area contributed by atoms with Gasteiger partial charge in [-0.05, 0) is 36.8 Å². The second kappa shape index (κ2) is 8.78. The molecule has 4 aromatic rings. The number of hydrogen-bond donors (Lipinski definition) is 1. The Labute approximate surface area is 185 Å². The second-order valence-electron chi connectivity index (χ2n) is 7.49. The summed E-state index contributed by atoms with van der Waals surface area (Å²) in [4.78, 5) is 13.7. The van der Waals surface area contributed by atoms with Crippen LogP contribution in [-0.4, -0.2) is 26.9 Å². The summed E-state index contributed by atoms with van der Waals surface area (Å²) in [6.45, 7) is 2.11. The largest absolute Gasteiger partial charge is 0.456 e. The maximum Gasteiger partial charge on any atom is 0.162 e. The third-order valence-corrected chi connectivity index (χ3v) is 6.17. The van der Waals surface area contributed by atoms with Crippen molar-refractivity contribution in [2.75, 3.05) is 11.1 Å². The molecule has 2 aromatic heterocycles. The number of aromatic nitrogens is 2. The van der Waals surface area contributed by atoms with Crippen LogP contribution in [0, 0.1) is 0 Å². The van der Waals surface area contributed by atoms with Gasteiger partial charge in [0.2, 0.25) is 0 Å². The van der Waals surface area contributed by atoms with Crippen LogP contribution in [0.3, 0.4) is 0 Å². The molecule has 0 saturated heterocycles. The molecule has 0 saturated carbocycles. The predicted octanol–water partition coefficient (Wildman–Crippen LogP) is 5.92. The zero-order valence-corrected chi connectivity index (χ0v) is 18.0. The van der Waals surface area contributed by atoms with Crippen LogP contribution in [0.1, 0.15) is 18.1 Å². The van der Waals surface area contributed by atoms with E-state index in [9.17, 15) is 0 Å². The molecule has 0 fully saturated rings. The van der Waals surface area contributed by atoms with E-state index in [2.05, 4.69) is 39.3 Å². The molecule has 6 heteroatoms. The van der Waals surface area contributed by atoms with Crippen molar-refractivity contribution >= 4 is 33.7 Å². The molecule has 0 bridgehead atoms. The number of nitrogens with zero attached hydrogens (tertiary/aromatic N) is 3. The molecule has 1 aliphatic heterocycles. The van der Waals surface area contributed by atoms with Gasteiger partial charge in [0.05, 0.1) is 11.6 Å². The topological polar surface area (TPSA) is 59.4 Å². The van der Waals surface area contributed by atoms with Crippen LogP contribution in [0.5, 0.6) is 11.5 Å². The molecular formula is C25H22N4OS. The molecule has 0 amide bonds. The molecule has 5 rings (SSSR count). The molecule has 1 unspecified atom stereocenters. The Morgan fingerprint density at radius 2 is 1.90 bits per heavy atom. The van der Waals surface area contributed by atoms with E-state index in [0.717, 1.165) is 51.1 Å². The van der Waals surface area contributed by atoms with Crippen molar-refractivity contribution in [3.8, 4) is 11.5 Å². The summed E-state index contributed by atoms with van der Waals surface area (Å²) in [5, 5.41) is 5.21. The quantitative estimate of drug-likeness (QED) is 0.429. The van der Waals surface area contributed by atoms with Gasteiger partial charge < -0.3 is 10.1 Å². The van der Waals surface area contributed by atoms with Gasteiger partial charge in [-0.1, -0.05) is 48.2 Å². The first kappa shape index (κ1) is 19.6. The Morgan fingerprint density at radius 1 is 1.00 bits per heavy atom. The summed E-state index contributed by atoms with van der Waals surface area (Å²) >= 11 is 1.71. The number of hydrogen-bond acceptors (Lipinski definition) is 6. The van der Waals surface area contributed by atoms with Crippen molar-refractivity contribution in [2.45, 2.75) is 19.4 Å². The van der Waals surface area contributed by atoms with Gasteiger partial charge in [0.25, 0.3) is 0 Å². The number of benzene rings is 2. The molecule has 31 heavy (non-hydrogen) atoms. The minimum atomic E-state index is 0.323. The lowest BCUT2D eigenvalue weighted by molar-refractivity contribution is 0.482. The van der Waals surface area contributed by atoms with Crippen molar-refractivity contribution < 1.29 is 4.74 Å². The smallest absolute Gasteiger partial charge is 0.162 e. The van der Waals surface area contributed by atoms with Crippen LogP contribution >= 0.6 is 11.8 Å². The average Bonchev–Trinajstić information content (AvgIpc) is 3.21. The number of thioether (sulfide) groups is 1. The number of pyridine rings is 2. The summed E-state index contributed by atoms with van der Waals surface area (Å²) in [5.74, 6) is 3.26. The SMILES string of the molecule is CC1CSC(Nc2cc(Oc3cccc4ncccc34)c(Cc3ccccc3)cn2)=N1. The highest BCUT2D eigenvalue weighted by atomic mass is 32.2. The lowest BCUT2D eigenvalue weighted by atomic mass is 10.1. The number of aliphatic imine (C=N–C) groups is 1. The van der Waals surface area contributed by atoms with Gasteiger partial charge in [-0.3, -0.25) is 9.98 Å². The highest BCUT2D eigenvalue weighted by Gasteiger charge is 2.16. The minimum Gasteiger partial charge on any atom is -0.456 e. The minimum absolute atomic E-state index is 0.323. The summed E-state index contributed by atoms with van der Waals surface area (Å²) in [5.41, 5.74) is 3.13. The number of ether oxygens (including phenoxy) is 1. The first-order valence-corrected chi connectivity index (χ1v) is 11.3. The lowest BCUT2D eigenvalue weighted by Gasteiger charge is -2.15. The molecule has 0 radical (unpaired) electrons. The fraction of sp³-hybridized carbons (Fsp3) is 0.160. The van der Waals surface area contributed by atoms with E-state index in [1.165, 1.54) is 5.56 Å². The van der Waals surface area contributed by atoms with Crippen molar-refractivity contribution in [2.24, 2.45) is 4.99 Å². The monoisotopic (exact) mass is 426 g/mol. The summed E-state index contributed by atoms with van der Waals surface area (Å²) in [6.07, 6.45) is 4.42. The molecule has 154 valence electrons. The average molecular weight is 427 g/mol. The maximum absolute atomic E-state index is 6.45. The molecule has 1 atom stereocenters. The van der Waals surface area contributed by atoms with Crippen LogP contribution in [0.15, 0.2) is 84.1 Å². The van der Waals surface area contributed by atoms with E-state index >= 15 is 0 Å². The van der Waals surface area contributed by atoms with E-state index < -0.39 is 0 Å². The van der Waals surface area contributed by atoms with Crippen molar-refractivity contribution in [3.63, 3.8) is 0 Å². The predicted molar refractivity (Wildman–Crippen MR) is 128 cm³/mol. The standard InChI is InChI=1S/C25H22N4OS/c1-17-16-31-25(28-17)29-24-14-23(19(15-27-24)13-18-7-3-2-4-8-18)30-22-11-5-10-21-20(22)9-6-12-26-21/h2-12,14-15,17H,13,16H2,1H3,(H,27,28,29). The number of fused-ring (bicyclic) bond motifs is 1. The summed E-state index contributed by atoms with van der Waals surface area (Å²) < 4.78 is 6.45. The molecular weight excluding hydrogens is 404 g/mol. The molecule has 0 spiro atoms. The normalized spacial score (nSPS) is 15.6. The van der Waals surface area contributed by atoms with Gasteiger partial charge in [-0.2, -0.15) is 0 Å². The molecule has 1 N–H and O–H groups in total. The van der Waals surface area contributed by atoms with E-state index in [0.29, 0.717) is 6.04 Å². The molecule has 1 aliphatic rings. The maximum atomic E-state index is 6.45. The van der Waals surface area contributed by atoms with Crippen LogP contribution in [0.4, 0.5) is 5.82 Å². The lowest BCUT2D eigenvalue weighted by Crippen LogP contribution is -2.07. The third kappa shape index (κ3) is 4.54. The first-order chi connectivity index (χ1) is 15.2. The molecule has 2 aromatic carbocycles. The van der Waals surface area contributed by atoms with Gasteiger partial charge in [0.15, 0.2) is 5.17 Å². The fourth-order valence-corrected chi connectivity index (χ4v) is 4.42. The molecule has 3 heterocycles. The van der Waals surface area contributed by atoms with E-state index in [4.69, 9.17) is 4.74 Å². The molecule has 0 aliphatic carbocycles. The van der Waals surface area contributed by atoms with Crippen LogP contribution in [-0.2, 0) is 6.42 Å². The van der Waals surface area contributed by atoms with Gasteiger partial charge in [0.1, 0.15) is 17.3 Å². The van der Waals surface area contributed by atoms with E-state index in [1.54, 1.807) is 18.0 Å². The van der Waals surface area contributed by atoms with Crippen molar-refractivity contribution in [1.82, 2.24) is 9.97 Å². The van der Waals surface area contributed by atoms with Crippen LogP contribution < -0.4 is 10.1 Å². The zero-order chi connectivity index (χ0) is 21.0. The van der Waals surface area contributed by atoms with E-state index in [1.807, 2.05) is 60.8 Å². The number of nitrogens with one attached hydrogen (secondary N) is 1. The van der Waals surface area contributed by atoms with Crippen LogP contribution in [0.25, 0.3) is 10.9 Å². The Kier molecular flexibility index (Phi) is 5.54. The Balaban J connectivity index is 1.51. The van der Waals surface area contributed by atoms with Gasteiger partial charge in [0, 0.05) is 41.6 Å². The van der Waals surface area contributed by atoms with Crippen molar-refractivity contribution in [1.29, 1.82) is 0 Å². The summed E-state index contributed by atoms with van der Waals surface area (Å²) in [6, 6.07) is 22.5. The Morgan fingerprint density at radius 3 is 2.74 bits per heavy atom. The van der Waals surface area contributed by atoms with Gasteiger partial charge in [-0.15, -0.1) is 0 Å². The Bertz CT molecular complexity index is 1240. The number of anilines is 1. The zero-order valence-electron chi connectivity index (χ0n) is 17.2. The first-order valence-electron chi connectivity index (χ1n) is 10.3.